The molecule has 180 valence electrons. The maximum atomic E-state index is 13.2. The standard InChI is InChI=1S/C27H24N6O3/c1-17(2)25-20(15-29-33(25)23-9-5-6-14-28-23)26(35)30-19-12-10-18(11-13-19)27(36)32-16-24(34)31-21-7-3-4-8-22(21)32/h3-15,17H,16H2,1-2H3,(H,30,35)(H,31,34). The predicted molar refractivity (Wildman–Crippen MR) is 137 cm³/mol. The topological polar surface area (TPSA) is 109 Å². The molecule has 1 aliphatic rings. The summed E-state index contributed by atoms with van der Waals surface area (Å²) in [7, 11) is 0. The molecule has 3 amide bonds. The van der Waals surface area contributed by atoms with E-state index in [-0.39, 0.29) is 30.2 Å². The van der Waals surface area contributed by atoms with E-state index in [4.69, 9.17) is 0 Å². The number of benzene rings is 2. The first kappa shape index (κ1) is 23.0. The summed E-state index contributed by atoms with van der Waals surface area (Å²) < 4.78 is 1.67. The molecule has 0 atom stereocenters. The molecule has 3 heterocycles. The number of pyridine rings is 1. The van der Waals surface area contributed by atoms with Crippen molar-refractivity contribution < 1.29 is 14.4 Å². The SMILES string of the molecule is CC(C)c1c(C(=O)Nc2ccc(C(=O)N3CC(=O)Nc4ccccc43)cc2)cnn1-c1ccccn1. The van der Waals surface area contributed by atoms with Gasteiger partial charge in [-0.3, -0.25) is 19.3 Å². The van der Waals surface area contributed by atoms with Gasteiger partial charge in [-0.1, -0.05) is 32.0 Å². The van der Waals surface area contributed by atoms with Crippen LogP contribution >= 0.6 is 0 Å². The lowest BCUT2D eigenvalue weighted by atomic mass is 10.1. The zero-order valence-corrected chi connectivity index (χ0v) is 19.8. The van der Waals surface area contributed by atoms with Crippen LogP contribution in [0.5, 0.6) is 0 Å². The molecule has 0 saturated carbocycles. The van der Waals surface area contributed by atoms with Crippen LogP contribution in [0.3, 0.4) is 0 Å². The molecule has 0 spiro atoms. The Bertz CT molecular complexity index is 1440. The van der Waals surface area contributed by atoms with Crippen molar-refractivity contribution in [3.63, 3.8) is 0 Å². The summed E-state index contributed by atoms with van der Waals surface area (Å²) in [6, 6.07) is 19.3. The van der Waals surface area contributed by atoms with Gasteiger partial charge in [0, 0.05) is 17.4 Å². The van der Waals surface area contributed by atoms with Gasteiger partial charge in [-0.25, -0.2) is 9.67 Å². The van der Waals surface area contributed by atoms with E-state index in [1.54, 1.807) is 53.3 Å². The molecule has 9 nitrogen and oxygen atoms in total. The van der Waals surface area contributed by atoms with Crippen molar-refractivity contribution in [2.45, 2.75) is 19.8 Å². The number of amides is 3. The maximum absolute atomic E-state index is 13.2. The minimum Gasteiger partial charge on any atom is -0.323 e. The molecule has 36 heavy (non-hydrogen) atoms. The average molecular weight is 481 g/mol. The molecule has 2 aromatic carbocycles. The van der Waals surface area contributed by atoms with Crippen LogP contribution in [0.25, 0.3) is 5.82 Å². The van der Waals surface area contributed by atoms with E-state index >= 15 is 0 Å². The lowest BCUT2D eigenvalue weighted by Crippen LogP contribution is -2.42. The largest absolute Gasteiger partial charge is 0.323 e. The second-order valence-electron chi connectivity index (χ2n) is 8.69. The van der Waals surface area contributed by atoms with Crippen LogP contribution in [-0.2, 0) is 4.79 Å². The van der Waals surface area contributed by atoms with Gasteiger partial charge in [-0.2, -0.15) is 5.10 Å². The number of rotatable bonds is 5. The highest BCUT2D eigenvalue weighted by molar-refractivity contribution is 6.15. The van der Waals surface area contributed by atoms with E-state index in [0.29, 0.717) is 34.0 Å². The molecule has 0 radical (unpaired) electrons. The number of hydrogen-bond acceptors (Lipinski definition) is 5. The van der Waals surface area contributed by atoms with Crippen LogP contribution in [0, 0.1) is 0 Å². The lowest BCUT2D eigenvalue weighted by Gasteiger charge is -2.29. The Morgan fingerprint density at radius 2 is 1.75 bits per heavy atom. The highest BCUT2D eigenvalue weighted by Crippen LogP contribution is 2.30. The lowest BCUT2D eigenvalue weighted by molar-refractivity contribution is -0.115. The monoisotopic (exact) mass is 480 g/mol. The molecule has 0 unspecified atom stereocenters. The molecule has 2 aromatic heterocycles. The number of carbonyl (C=O) groups is 3. The Balaban J connectivity index is 1.35. The summed E-state index contributed by atoms with van der Waals surface area (Å²) >= 11 is 0. The van der Waals surface area contributed by atoms with Gasteiger partial charge in [0.05, 0.1) is 28.8 Å². The first-order valence-corrected chi connectivity index (χ1v) is 11.5. The van der Waals surface area contributed by atoms with Crippen molar-refractivity contribution in [1.82, 2.24) is 14.8 Å². The summed E-state index contributed by atoms with van der Waals surface area (Å²) in [5.74, 6) is -0.190. The zero-order valence-electron chi connectivity index (χ0n) is 19.8. The Labute approximate surface area is 207 Å². The number of carbonyl (C=O) groups excluding carboxylic acids is 3. The van der Waals surface area contributed by atoms with Gasteiger partial charge in [0.25, 0.3) is 11.8 Å². The number of anilines is 3. The van der Waals surface area contributed by atoms with Crippen LogP contribution in [0.4, 0.5) is 17.1 Å². The number of fused-ring (bicyclic) bond motifs is 1. The normalized spacial score (nSPS) is 12.8. The second kappa shape index (κ2) is 9.46. The van der Waals surface area contributed by atoms with Crippen LogP contribution in [0.15, 0.2) is 79.1 Å². The van der Waals surface area contributed by atoms with E-state index in [2.05, 4.69) is 20.7 Å². The third-order valence-electron chi connectivity index (χ3n) is 5.87. The third-order valence-corrected chi connectivity index (χ3v) is 5.87. The first-order valence-electron chi connectivity index (χ1n) is 11.5. The summed E-state index contributed by atoms with van der Waals surface area (Å²) in [5, 5.41) is 10.1. The minimum absolute atomic E-state index is 0.0277. The fraction of sp³-hybridized carbons (Fsp3) is 0.148. The Morgan fingerprint density at radius 1 is 1.00 bits per heavy atom. The Hall–Kier alpha value is -4.79. The van der Waals surface area contributed by atoms with Crippen molar-refractivity contribution in [2.24, 2.45) is 0 Å². The van der Waals surface area contributed by atoms with Gasteiger partial charge in [-0.05, 0) is 54.4 Å². The van der Waals surface area contributed by atoms with Crippen molar-refractivity contribution in [1.29, 1.82) is 0 Å². The fourth-order valence-electron chi connectivity index (χ4n) is 4.21. The molecule has 1 aliphatic heterocycles. The van der Waals surface area contributed by atoms with E-state index in [1.807, 2.05) is 38.1 Å². The molecule has 0 saturated heterocycles. The second-order valence-corrected chi connectivity index (χ2v) is 8.69. The number of nitrogens with one attached hydrogen (secondary N) is 2. The minimum atomic E-state index is -0.304. The molecular formula is C27H24N6O3. The van der Waals surface area contributed by atoms with Gasteiger partial charge in [0.15, 0.2) is 5.82 Å². The molecule has 2 N–H and O–H groups in total. The summed E-state index contributed by atoms with van der Waals surface area (Å²) in [6.07, 6.45) is 3.22. The van der Waals surface area contributed by atoms with Gasteiger partial charge in [-0.15, -0.1) is 0 Å². The molecule has 4 aromatic rings. The highest BCUT2D eigenvalue weighted by atomic mass is 16.2. The van der Waals surface area contributed by atoms with Gasteiger partial charge < -0.3 is 10.6 Å². The predicted octanol–water partition coefficient (Wildman–Crippen LogP) is 4.24. The fourth-order valence-corrected chi connectivity index (χ4v) is 4.21. The van der Waals surface area contributed by atoms with Crippen molar-refractivity contribution in [2.75, 3.05) is 22.1 Å². The van der Waals surface area contributed by atoms with E-state index < -0.39 is 0 Å². The van der Waals surface area contributed by atoms with E-state index in [1.165, 1.54) is 11.1 Å². The first-order chi connectivity index (χ1) is 17.4. The molecule has 0 bridgehead atoms. The number of hydrogen-bond donors (Lipinski definition) is 2. The Kier molecular flexibility index (Phi) is 6.03. The zero-order chi connectivity index (χ0) is 25.2. The molecule has 5 rings (SSSR count). The van der Waals surface area contributed by atoms with Crippen molar-refractivity contribution in [3.05, 3.63) is 95.9 Å². The quantitative estimate of drug-likeness (QED) is 0.444. The summed E-state index contributed by atoms with van der Waals surface area (Å²) in [4.78, 5) is 44.2. The third kappa shape index (κ3) is 4.34. The van der Waals surface area contributed by atoms with Gasteiger partial charge in [0.1, 0.15) is 6.54 Å². The average Bonchev–Trinajstić information content (AvgIpc) is 3.35. The summed E-state index contributed by atoms with van der Waals surface area (Å²) in [5.41, 5.74) is 3.38. The van der Waals surface area contributed by atoms with Gasteiger partial charge in [0.2, 0.25) is 5.91 Å². The van der Waals surface area contributed by atoms with Crippen molar-refractivity contribution in [3.8, 4) is 5.82 Å². The van der Waals surface area contributed by atoms with E-state index in [9.17, 15) is 14.4 Å². The number of para-hydroxylation sites is 2. The van der Waals surface area contributed by atoms with Crippen molar-refractivity contribution >= 4 is 34.8 Å². The summed E-state index contributed by atoms with van der Waals surface area (Å²) in [6.45, 7) is 3.92. The molecule has 9 heteroatoms. The molecular weight excluding hydrogens is 456 g/mol. The van der Waals surface area contributed by atoms with Crippen LogP contribution in [0.1, 0.15) is 46.2 Å². The smallest absolute Gasteiger partial charge is 0.259 e. The maximum Gasteiger partial charge on any atom is 0.259 e. The van der Waals surface area contributed by atoms with Crippen LogP contribution in [0.2, 0.25) is 0 Å². The number of aromatic nitrogens is 3. The Morgan fingerprint density at radius 3 is 2.47 bits per heavy atom. The molecule has 0 fully saturated rings. The van der Waals surface area contributed by atoms with Crippen LogP contribution < -0.4 is 15.5 Å². The highest BCUT2D eigenvalue weighted by Gasteiger charge is 2.27. The van der Waals surface area contributed by atoms with E-state index in [0.717, 1.165) is 5.69 Å². The molecule has 0 aliphatic carbocycles. The number of nitrogens with zero attached hydrogens (tertiary/aromatic N) is 4. The van der Waals surface area contributed by atoms with Gasteiger partial charge >= 0.3 is 0 Å². The van der Waals surface area contributed by atoms with Crippen LogP contribution in [-0.4, -0.2) is 39.0 Å².